The van der Waals surface area contributed by atoms with Crippen molar-refractivity contribution >= 4 is 0 Å². The molecule has 0 fully saturated rings. The van der Waals surface area contributed by atoms with Crippen molar-refractivity contribution in [3.05, 3.63) is 35.4 Å². The molecule has 0 amide bonds. The van der Waals surface area contributed by atoms with Crippen LogP contribution in [0.25, 0.3) is 0 Å². The second-order valence-electron chi connectivity index (χ2n) is 9.13. The van der Waals surface area contributed by atoms with Crippen LogP contribution < -0.4 is 0 Å². The van der Waals surface area contributed by atoms with E-state index in [1.54, 1.807) is 0 Å². The van der Waals surface area contributed by atoms with Gasteiger partial charge in [-0.1, -0.05) is 38.1 Å². The first-order valence-electron chi connectivity index (χ1n) is 9.60. The highest BCUT2D eigenvalue weighted by atomic mass is 17.2. The fourth-order valence-electron chi connectivity index (χ4n) is 2.17. The first-order chi connectivity index (χ1) is 11.8. The van der Waals surface area contributed by atoms with E-state index in [1.807, 2.05) is 79.7 Å². The van der Waals surface area contributed by atoms with Crippen LogP contribution in [0.5, 0.6) is 0 Å². The highest BCUT2D eigenvalue weighted by Gasteiger charge is 2.36. The minimum Gasteiger partial charge on any atom is -0.230 e. The fraction of sp³-hybridized carbons (Fsp3) is 0.727. The van der Waals surface area contributed by atoms with E-state index in [2.05, 4.69) is 13.8 Å². The van der Waals surface area contributed by atoms with Crippen molar-refractivity contribution < 1.29 is 19.6 Å². The molecule has 0 atom stereocenters. The zero-order valence-corrected chi connectivity index (χ0v) is 18.4. The van der Waals surface area contributed by atoms with Crippen molar-refractivity contribution in [3.8, 4) is 0 Å². The Labute approximate surface area is 160 Å². The third kappa shape index (κ3) is 6.34. The van der Waals surface area contributed by atoms with Gasteiger partial charge in [-0.15, -0.1) is 0 Å². The molecule has 0 spiro atoms. The number of rotatable bonds is 10. The fourth-order valence-corrected chi connectivity index (χ4v) is 2.17. The molecule has 150 valence electrons. The van der Waals surface area contributed by atoms with Crippen LogP contribution in [-0.2, 0) is 30.8 Å². The van der Waals surface area contributed by atoms with E-state index in [1.165, 1.54) is 0 Å². The quantitative estimate of drug-likeness (QED) is 0.353. The zero-order chi connectivity index (χ0) is 20.2. The van der Waals surface area contributed by atoms with Gasteiger partial charge in [0.1, 0.15) is 11.2 Å². The summed E-state index contributed by atoms with van der Waals surface area (Å²) in [5, 5.41) is 0. The molecule has 0 radical (unpaired) electrons. The van der Waals surface area contributed by atoms with Crippen LogP contribution in [0.15, 0.2) is 24.3 Å². The summed E-state index contributed by atoms with van der Waals surface area (Å²) >= 11 is 0. The summed E-state index contributed by atoms with van der Waals surface area (Å²) in [6, 6.07) is 8.10. The Morgan fingerprint density at radius 1 is 0.577 bits per heavy atom. The van der Waals surface area contributed by atoms with E-state index in [4.69, 9.17) is 19.6 Å². The standard InChI is InChI=1S/C22H38O4/c1-11-19(3,4)23-25-21(7,8)17-15-13-14-16-18(17)22(9,10)26-24-20(5,6)12-2/h13-16H,11-12H2,1-10H3. The van der Waals surface area contributed by atoms with Gasteiger partial charge in [-0.2, -0.15) is 0 Å². The molecule has 0 aromatic heterocycles. The third-order valence-electron chi connectivity index (χ3n) is 4.88. The van der Waals surface area contributed by atoms with Crippen molar-refractivity contribution in [1.82, 2.24) is 0 Å². The smallest absolute Gasteiger partial charge is 0.123 e. The minimum atomic E-state index is -0.635. The van der Waals surface area contributed by atoms with Crippen molar-refractivity contribution in [2.75, 3.05) is 0 Å². The summed E-state index contributed by atoms with van der Waals surface area (Å²) in [6.45, 7) is 20.2. The second kappa shape index (κ2) is 8.39. The van der Waals surface area contributed by atoms with E-state index < -0.39 is 11.2 Å². The predicted octanol–water partition coefficient (Wildman–Crippen LogP) is 6.43. The molecule has 0 unspecified atom stereocenters. The average Bonchev–Trinajstić information content (AvgIpc) is 2.59. The van der Waals surface area contributed by atoms with E-state index in [9.17, 15) is 0 Å². The Morgan fingerprint density at radius 2 is 0.885 bits per heavy atom. The number of benzene rings is 1. The number of hydrogen-bond acceptors (Lipinski definition) is 4. The molecule has 0 aliphatic rings. The first kappa shape index (κ1) is 23.1. The van der Waals surface area contributed by atoms with Gasteiger partial charge in [0.05, 0.1) is 11.2 Å². The maximum Gasteiger partial charge on any atom is 0.123 e. The van der Waals surface area contributed by atoms with E-state index >= 15 is 0 Å². The van der Waals surface area contributed by atoms with Gasteiger partial charge >= 0.3 is 0 Å². The van der Waals surface area contributed by atoms with E-state index in [0.717, 1.165) is 24.0 Å². The second-order valence-corrected chi connectivity index (χ2v) is 9.13. The largest absolute Gasteiger partial charge is 0.230 e. The predicted molar refractivity (Wildman–Crippen MR) is 106 cm³/mol. The van der Waals surface area contributed by atoms with Gasteiger partial charge in [-0.05, 0) is 79.4 Å². The van der Waals surface area contributed by atoms with Crippen LogP contribution in [0.1, 0.15) is 93.2 Å². The Kier molecular flexibility index (Phi) is 7.45. The molecule has 1 aromatic rings. The van der Waals surface area contributed by atoms with Gasteiger partial charge in [0.2, 0.25) is 0 Å². The summed E-state index contributed by atoms with van der Waals surface area (Å²) in [7, 11) is 0. The molecule has 0 bridgehead atoms. The van der Waals surface area contributed by atoms with Gasteiger partial charge in [0.25, 0.3) is 0 Å². The molecule has 0 aliphatic carbocycles. The number of hydrogen-bond donors (Lipinski definition) is 0. The topological polar surface area (TPSA) is 36.9 Å². The van der Waals surface area contributed by atoms with Gasteiger partial charge in [0, 0.05) is 0 Å². The van der Waals surface area contributed by atoms with Crippen molar-refractivity contribution in [3.63, 3.8) is 0 Å². The maximum absolute atomic E-state index is 5.88. The first-order valence-corrected chi connectivity index (χ1v) is 9.60. The third-order valence-corrected chi connectivity index (χ3v) is 4.88. The summed E-state index contributed by atoms with van der Waals surface area (Å²) in [5.74, 6) is 0. The van der Waals surface area contributed by atoms with Crippen molar-refractivity contribution in [2.24, 2.45) is 0 Å². The minimum absolute atomic E-state index is 0.341. The maximum atomic E-state index is 5.88. The van der Waals surface area contributed by atoms with Crippen LogP contribution in [0, 0.1) is 0 Å². The van der Waals surface area contributed by atoms with Gasteiger partial charge in [-0.25, -0.2) is 19.6 Å². The molecule has 0 N–H and O–H groups in total. The Bertz CT molecular complexity index is 522. The molecular weight excluding hydrogens is 328 g/mol. The summed E-state index contributed by atoms with van der Waals surface area (Å²) in [6.07, 6.45) is 1.72. The molecule has 0 saturated carbocycles. The normalized spacial score (nSPS) is 13.9. The lowest BCUT2D eigenvalue weighted by molar-refractivity contribution is -0.411. The summed E-state index contributed by atoms with van der Waals surface area (Å²) in [4.78, 5) is 23.2. The molecular formula is C22H38O4. The SMILES string of the molecule is CCC(C)(C)OOC(C)(C)c1ccccc1C(C)(C)OOC(C)(C)CC. The van der Waals surface area contributed by atoms with Gasteiger partial charge < -0.3 is 0 Å². The Hall–Kier alpha value is -0.940. The highest BCUT2D eigenvalue weighted by Crippen LogP contribution is 2.37. The van der Waals surface area contributed by atoms with Crippen LogP contribution in [-0.4, -0.2) is 11.2 Å². The summed E-state index contributed by atoms with van der Waals surface area (Å²) < 4.78 is 0. The van der Waals surface area contributed by atoms with E-state index in [0.29, 0.717) is 0 Å². The lowest BCUT2D eigenvalue weighted by Gasteiger charge is -2.36. The molecule has 4 heteroatoms. The van der Waals surface area contributed by atoms with Crippen LogP contribution in [0.2, 0.25) is 0 Å². The highest BCUT2D eigenvalue weighted by molar-refractivity contribution is 5.35. The molecule has 0 saturated heterocycles. The Balaban J connectivity index is 3.08. The zero-order valence-electron chi connectivity index (χ0n) is 18.4. The molecule has 1 aromatic carbocycles. The molecule has 4 nitrogen and oxygen atoms in total. The Morgan fingerprint density at radius 3 is 1.15 bits per heavy atom. The van der Waals surface area contributed by atoms with Crippen LogP contribution in [0.3, 0.4) is 0 Å². The lowest BCUT2D eigenvalue weighted by Crippen LogP contribution is -2.35. The van der Waals surface area contributed by atoms with Gasteiger partial charge in [-0.3, -0.25) is 0 Å². The average molecular weight is 367 g/mol. The summed E-state index contributed by atoms with van der Waals surface area (Å²) in [5.41, 5.74) is 0.0666. The van der Waals surface area contributed by atoms with E-state index in [-0.39, 0.29) is 11.2 Å². The van der Waals surface area contributed by atoms with Gasteiger partial charge in [0.15, 0.2) is 0 Å². The van der Waals surface area contributed by atoms with Crippen LogP contribution in [0.4, 0.5) is 0 Å². The molecule has 1 rings (SSSR count). The van der Waals surface area contributed by atoms with Crippen molar-refractivity contribution in [2.45, 2.75) is 104 Å². The lowest BCUT2D eigenvalue weighted by atomic mass is 9.85. The molecule has 0 heterocycles. The van der Waals surface area contributed by atoms with Crippen molar-refractivity contribution in [1.29, 1.82) is 0 Å². The van der Waals surface area contributed by atoms with Crippen LogP contribution >= 0.6 is 0 Å². The molecule has 0 aliphatic heterocycles. The molecule has 26 heavy (non-hydrogen) atoms. The monoisotopic (exact) mass is 366 g/mol.